The van der Waals surface area contributed by atoms with Crippen molar-refractivity contribution in [2.24, 2.45) is 114 Å². The molecule has 16 saturated carbocycles. The fourth-order valence-electron chi connectivity index (χ4n) is 24.8. The molecule has 0 aliphatic heterocycles. The number of carbonyl (C=O) groups is 4. The fourth-order valence-corrected chi connectivity index (χ4v) is 24.8. The van der Waals surface area contributed by atoms with Crippen molar-refractivity contribution in [1.82, 2.24) is 0 Å². The van der Waals surface area contributed by atoms with E-state index < -0.39 is 44.1 Å². The number of rotatable bonds is 19. The van der Waals surface area contributed by atoms with Crippen molar-refractivity contribution in [2.45, 2.75) is 299 Å². The lowest BCUT2D eigenvalue weighted by molar-refractivity contribution is -0.219. The molecule has 0 aromatic carbocycles. The topological polar surface area (TPSA) is 105 Å². The lowest BCUT2D eigenvalue weighted by Crippen LogP contribution is -2.60. The zero-order valence-electron chi connectivity index (χ0n) is 52.0. The van der Waals surface area contributed by atoms with Crippen LogP contribution in [0, 0.1) is 114 Å². The van der Waals surface area contributed by atoms with Crippen molar-refractivity contribution in [3.05, 3.63) is 0 Å². The second kappa shape index (κ2) is 18.2. The summed E-state index contributed by atoms with van der Waals surface area (Å²) in [6, 6.07) is 0. The van der Waals surface area contributed by atoms with Gasteiger partial charge in [0.05, 0.1) is 21.7 Å². The van der Waals surface area contributed by atoms with E-state index in [9.17, 15) is 0 Å². The van der Waals surface area contributed by atoms with Crippen molar-refractivity contribution in [3.63, 3.8) is 0 Å². The molecule has 8 nitrogen and oxygen atoms in total. The third kappa shape index (κ3) is 9.17. The molecule has 16 rings (SSSR count). The van der Waals surface area contributed by atoms with Crippen LogP contribution in [0.15, 0.2) is 0 Å². The standard InChI is InChI=1S/C70H110O8/c1-15-64(12,56(72)76-61(6,7)68-31-46-19-47(32-68)21-48(20-46)33-68)41-66(14,58(74)78-63(10,11)70-37-52-25-53(38-70)27-54(26-52)39-70)42-65(13,57(73)77-62(8,9)69-34-49-22-50(35-69)24-51(23-49)36-69)40-59(2,3)55(71)75-60(4,5)67-28-43-16-44(29-67)18-45(17-43)30-67/h43-54H,15-42H2,1-14H3. The lowest BCUT2D eigenvalue weighted by Gasteiger charge is -2.62. The molecule has 0 saturated heterocycles. The van der Waals surface area contributed by atoms with Crippen LogP contribution in [0.1, 0.15) is 277 Å². The van der Waals surface area contributed by atoms with Crippen LogP contribution in [-0.4, -0.2) is 46.3 Å². The van der Waals surface area contributed by atoms with Gasteiger partial charge in [0.2, 0.25) is 0 Å². The molecule has 78 heavy (non-hydrogen) atoms. The molecule has 16 fully saturated rings. The fraction of sp³-hybridized carbons (Fsp3) is 0.943. The monoisotopic (exact) mass is 1080 g/mol. The Morgan fingerprint density at radius 3 is 0.692 bits per heavy atom. The van der Waals surface area contributed by atoms with Crippen molar-refractivity contribution in [1.29, 1.82) is 0 Å². The average Bonchev–Trinajstić information content (AvgIpc) is 3.29. The highest BCUT2D eigenvalue weighted by molar-refractivity contribution is 5.84. The number of carbonyl (C=O) groups excluding carboxylic acids is 4. The molecule has 16 aliphatic rings. The molecular formula is C70H110O8. The minimum Gasteiger partial charge on any atom is -0.459 e. The van der Waals surface area contributed by atoms with Crippen LogP contribution in [0.25, 0.3) is 0 Å². The largest absolute Gasteiger partial charge is 0.459 e. The van der Waals surface area contributed by atoms with E-state index in [1.165, 1.54) is 77.0 Å². The minimum absolute atomic E-state index is 0.0487. The Morgan fingerprint density at radius 1 is 0.295 bits per heavy atom. The molecule has 16 bridgehead atoms. The molecule has 3 unspecified atom stereocenters. The maximum absolute atomic E-state index is 16.3. The highest BCUT2D eigenvalue weighted by Gasteiger charge is 2.66. The second-order valence-corrected chi connectivity index (χ2v) is 35.8. The number of ether oxygens (including phenoxy) is 4. The molecule has 438 valence electrons. The quantitative estimate of drug-likeness (QED) is 0.0930. The van der Waals surface area contributed by atoms with Crippen LogP contribution in [-0.2, 0) is 38.1 Å². The third-order valence-corrected chi connectivity index (χ3v) is 27.9. The highest BCUT2D eigenvalue weighted by Crippen LogP contribution is 2.69. The van der Waals surface area contributed by atoms with Crippen molar-refractivity contribution < 1.29 is 38.1 Å². The summed E-state index contributed by atoms with van der Waals surface area (Å²) in [7, 11) is 0. The van der Waals surface area contributed by atoms with Gasteiger partial charge in [0.15, 0.2) is 0 Å². The van der Waals surface area contributed by atoms with E-state index in [0.717, 1.165) is 77.0 Å². The smallest absolute Gasteiger partial charge is 0.312 e. The van der Waals surface area contributed by atoms with Gasteiger partial charge in [-0.25, -0.2) is 0 Å². The average molecular weight is 1080 g/mol. The molecule has 0 spiro atoms. The summed E-state index contributed by atoms with van der Waals surface area (Å²) < 4.78 is 28.5. The Bertz CT molecular complexity index is 2260. The Kier molecular flexibility index (Phi) is 13.1. The predicted molar refractivity (Wildman–Crippen MR) is 305 cm³/mol. The van der Waals surface area contributed by atoms with Gasteiger partial charge in [0.1, 0.15) is 22.4 Å². The zero-order valence-corrected chi connectivity index (χ0v) is 52.0. The maximum atomic E-state index is 16.3. The summed E-state index contributed by atoms with van der Waals surface area (Å²) in [4.78, 5) is 63.5. The first-order valence-corrected chi connectivity index (χ1v) is 33.1. The zero-order chi connectivity index (χ0) is 55.9. The van der Waals surface area contributed by atoms with Crippen LogP contribution < -0.4 is 0 Å². The number of hydrogen-bond acceptors (Lipinski definition) is 8. The van der Waals surface area contributed by atoms with Crippen LogP contribution in [0.5, 0.6) is 0 Å². The molecule has 0 heterocycles. The summed E-state index contributed by atoms with van der Waals surface area (Å²) in [6.07, 6.45) is 29.5. The third-order valence-electron chi connectivity index (χ3n) is 27.9. The van der Waals surface area contributed by atoms with E-state index in [1.807, 2.05) is 34.6 Å². The first kappa shape index (κ1) is 56.4. The van der Waals surface area contributed by atoms with Crippen molar-refractivity contribution >= 4 is 23.9 Å². The molecule has 0 N–H and O–H groups in total. The Labute approximate surface area is 473 Å². The lowest BCUT2D eigenvalue weighted by atomic mass is 9.45. The van der Waals surface area contributed by atoms with Gasteiger partial charge in [0.25, 0.3) is 0 Å². The normalized spacial score (nSPS) is 43.2. The highest BCUT2D eigenvalue weighted by atomic mass is 16.6. The molecule has 0 aromatic heterocycles. The predicted octanol–water partition coefficient (Wildman–Crippen LogP) is 16.8. The van der Waals surface area contributed by atoms with Crippen molar-refractivity contribution in [2.75, 3.05) is 0 Å². The first-order valence-electron chi connectivity index (χ1n) is 33.1. The molecule has 0 aromatic rings. The van der Waals surface area contributed by atoms with Crippen LogP contribution >= 0.6 is 0 Å². The number of hydrogen-bond donors (Lipinski definition) is 0. The van der Waals surface area contributed by atoms with Gasteiger partial charge in [-0.1, -0.05) is 6.92 Å². The summed E-state index contributed by atoms with van der Waals surface area (Å²) >= 11 is 0. The van der Waals surface area contributed by atoms with E-state index in [2.05, 4.69) is 62.3 Å². The molecule has 0 amide bonds. The van der Waals surface area contributed by atoms with Gasteiger partial charge in [0, 0.05) is 21.7 Å². The first-order chi connectivity index (χ1) is 36.1. The van der Waals surface area contributed by atoms with E-state index in [1.54, 1.807) is 0 Å². The van der Waals surface area contributed by atoms with Gasteiger partial charge in [-0.2, -0.15) is 0 Å². The summed E-state index contributed by atoms with van der Waals surface area (Å²) in [5.41, 5.74) is -8.16. The number of esters is 4. The van der Waals surface area contributed by atoms with E-state index in [0.29, 0.717) is 77.4 Å². The van der Waals surface area contributed by atoms with E-state index in [4.69, 9.17) is 18.9 Å². The van der Waals surface area contributed by atoms with Gasteiger partial charge in [-0.05, 0) is 341 Å². The molecule has 3 atom stereocenters. The minimum atomic E-state index is -1.36. The van der Waals surface area contributed by atoms with E-state index >= 15 is 19.2 Å². The van der Waals surface area contributed by atoms with Crippen LogP contribution in [0.4, 0.5) is 0 Å². The molecule has 16 aliphatic carbocycles. The van der Waals surface area contributed by atoms with Crippen LogP contribution in [0.2, 0.25) is 0 Å². The molecule has 8 heteroatoms. The van der Waals surface area contributed by atoms with E-state index in [-0.39, 0.29) is 64.8 Å². The maximum Gasteiger partial charge on any atom is 0.312 e. The van der Waals surface area contributed by atoms with Gasteiger partial charge < -0.3 is 18.9 Å². The van der Waals surface area contributed by atoms with Gasteiger partial charge in [-0.15, -0.1) is 0 Å². The summed E-state index contributed by atoms with van der Waals surface area (Å²) in [6.45, 7) is 29.4. The molecule has 0 radical (unpaired) electrons. The summed E-state index contributed by atoms with van der Waals surface area (Å²) in [5.74, 6) is 7.00. The SMILES string of the molecule is CCC(C)(CC(C)(CC(C)(CC(C)(C)C(=O)OC(C)(C)C12CC3CC(CC(C3)C1)C2)C(=O)OC(C)(C)C12CC3CC(CC(C3)C1)C2)C(=O)OC(C)(C)C12CC3CC(CC(C3)C1)C2)C(=O)OC(C)(C)C12CC3CC(CC(C3)C1)C2. The van der Waals surface area contributed by atoms with Gasteiger partial charge in [-0.3, -0.25) is 19.2 Å². The molecular weight excluding hydrogens is 969 g/mol. The van der Waals surface area contributed by atoms with Crippen molar-refractivity contribution in [3.8, 4) is 0 Å². The summed E-state index contributed by atoms with van der Waals surface area (Å²) in [5, 5.41) is 0. The van der Waals surface area contributed by atoms with Gasteiger partial charge >= 0.3 is 23.9 Å². The second-order valence-electron chi connectivity index (χ2n) is 35.8. The Hall–Kier alpha value is -2.12. The van der Waals surface area contributed by atoms with Crippen LogP contribution in [0.3, 0.4) is 0 Å². The Balaban J connectivity index is 0.889. The Morgan fingerprint density at radius 2 is 0.474 bits per heavy atom.